The fourth-order valence-electron chi connectivity index (χ4n) is 4.90. The van der Waals surface area contributed by atoms with E-state index in [1.807, 2.05) is 26.0 Å². The van der Waals surface area contributed by atoms with Gasteiger partial charge >= 0.3 is 0 Å². The molecule has 2 amide bonds. The zero-order valence-corrected chi connectivity index (χ0v) is 27.1. The number of primary amides is 1. The van der Waals surface area contributed by atoms with Gasteiger partial charge in [-0.05, 0) is 92.6 Å². The number of nitrogens with zero attached hydrogens (tertiary/aromatic N) is 1. The lowest BCUT2D eigenvalue weighted by atomic mass is 9.91. The molecule has 0 radical (unpaired) electrons. The van der Waals surface area contributed by atoms with Crippen molar-refractivity contribution in [3.05, 3.63) is 76.4 Å². The third-order valence-corrected chi connectivity index (χ3v) is 7.40. The van der Waals surface area contributed by atoms with Crippen LogP contribution in [0.15, 0.2) is 59.7 Å². The number of allylic oxidation sites excluding steroid dienone is 2. The molecule has 10 heteroatoms. The minimum atomic E-state index is -3.21. The highest BCUT2D eigenvalue weighted by molar-refractivity contribution is 7.17. The Kier molecular flexibility index (Phi) is 13.8. The predicted octanol–water partition coefficient (Wildman–Crippen LogP) is 8.07. The smallest absolute Gasteiger partial charge is 0.283 e. The second-order valence-electron chi connectivity index (χ2n) is 10.7. The molecule has 1 atom stereocenters. The molecule has 0 aromatic heterocycles. The molecule has 1 fully saturated rings. The summed E-state index contributed by atoms with van der Waals surface area (Å²) in [5.41, 5.74) is 3.97. The summed E-state index contributed by atoms with van der Waals surface area (Å²) >= 11 is 0. The maximum atomic E-state index is 14.8. The molecule has 4 N–H and O–H groups in total. The lowest BCUT2D eigenvalue weighted by Gasteiger charge is -2.35. The van der Waals surface area contributed by atoms with Gasteiger partial charge in [-0.25, -0.2) is 4.39 Å². The minimum absolute atomic E-state index is 0.145. The standard InChI is InChI=1S/C30H37F3N3OP.C2H6.CH3NO/c1-4-5-13-34-28(37)26-18-24(10-11-27(26)36-14-12-20-8-6-7-9-21(20)19-36)35-25-16-22(29(2,3)31)15-23(17-25)30(32,33)38;1-2;2-1-3/h8-11,15-18,35H,4-7,12-14,19,38H2,1-3H3,(H,34,37);1-2H3;1H,(H2,2,3). The molecule has 0 bridgehead atoms. The summed E-state index contributed by atoms with van der Waals surface area (Å²) in [6, 6.07) is 9.53. The maximum Gasteiger partial charge on any atom is 0.283 e. The van der Waals surface area contributed by atoms with E-state index in [1.54, 1.807) is 6.07 Å². The number of hydrogen-bond acceptors (Lipinski definition) is 4. The second-order valence-corrected chi connectivity index (χ2v) is 11.4. The number of alkyl halides is 3. The van der Waals surface area contributed by atoms with E-state index in [0.29, 0.717) is 23.5 Å². The van der Waals surface area contributed by atoms with Crippen LogP contribution >= 0.6 is 9.24 Å². The Labute approximate surface area is 256 Å². The lowest BCUT2D eigenvalue weighted by molar-refractivity contribution is -0.106. The Morgan fingerprint density at radius 3 is 2.26 bits per heavy atom. The zero-order valence-electron chi connectivity index (χ0n) is 25.9. The second kappa shape index (κ2) is 16.5. The number of nitrogens with two attached hydrogens (primary N) is 1. The molecular formula is C33H46F3N4O2P. The van der Waals surface area contributed by atoms with Crippen molar-refractivity contribution < 1.29 is 22.8 Å². The van der Waals surface area contributed by atoms with Gasteiger partial charge in [0.2, 0.25) is 6.41 Å². The van der Waals surface area contributed by atoms with E-state index in [9.17, 15) is 18.0 Å². The number of piperidine rings is 1. The molecular weight excluding hydrogens is 572 g/mol. The van der Waals surface area contributed by atoms with Gasteiger partial charge in [0.25, 0.3) is 11.6 Å². The molecule has 2 aromatic carbocycles. The Balaban J connectivity index is 0.00000121. The van der Waals surface area contributed by atoms with Crippen LogP contribution in [0.2, 0.25) is 0 Å². The predicted molar refractivity (Wildman–Crippen MR) is 175 cm³/mol. The molecule has 236 valence electrons. The molecule has 2 aliphatic rings. The van der Waals surface area contributed by atoms with Crippen molar-refractivity contribution in [1.29, 1.82) is 0 Å². The van der Waals surface area contributed by atoms with Gasteiger partial charge in [-0.3, -0.25) is 9.59 Å². The third kappa shape index (κ3) is 10.4. The summed E-state index contributed by atoms with van der Waals surface area (Å²) in [4.78, 5) is 24.1. The third-order valence-electron chi connectivity index (χ3n) is 7.06. The van der Waals surface area contributed by atoms with Crippen molar-refractivity contribution in [3.8, 4) is 0 Å². The van der Waals surface area contributed by atoms with Gasteiger partial charge in [-0.15, -0.1) is 0 Å². The number of benzene rings is 2. The monoisotopic (exact) mass is 618 g/mol. The van der Waals surface area contributed by atoms with Crippen LogP contribution in [0.1, 0.15) is 88.2 Å². The zero-order chi connectivity index (χ0) is 32.2. The van der Waals surface area contributed by atoms with Gasteiger partial charge in [-0.1, -0.05) is 48.6 Å². The normalized spacial score (nSPS) is 14.5. The van der Waals surface area contributed by atoms with Gasteiger partial charge in [0.15, 0.2) is 0 Å². The van der Waals surface area contributed by atoms with Crippen LogP contribution in [0.3, 0.4) is 0 Å². The first kappa shape index (κ1) is 35.9. The lowest BCUT2D eigenvalue weighted by Crippen LogP contribution is -2.35. The van der Waals surface area contributed by atoms with Crippen molar-refractivity contribution >= 4 is 38.6 Å². The largest absolute Gasteiger partial charge is 0.372 e. The van der Waals surface area contributed by atoms with Crippen LogP contribution in [0.4, 0.5) is 30.2 Å². The van der Waals surface area contributed by atoms with E-state index in [2.05, 4.69) is 40.3 Å². The van der Waals surface area contributed by atoms with E-state index >= 15 is 0 Å². The molecule has 2 aromatic rings. The van der Waals surface area contributed by atoms with E-state index in [4.69, 9.17) is 4.79 Å². The number of carbonyl (C=O) groups excluding carboxylic acids is 2. The molecule has 6 nitrogen and oxygen atoms in total. The molecule has 1 aliphatic heterocycles. The SMILES string of the molecule is CC.CCCCNC(=O)c1cc(Nc2cc(C(C)(C)F)cc(C(F)(F)P)c2)ccc1N1CCC2=CCCC=C2C1.NC=O. The number of nitrogens with one attached hydrogen (secondary N) is 2. The molecule has 1 unspecified atom stereocenters. The molecule has 1 aliphatic carbocycles. The number of hydrogen-bond donors (Lipinski definition) is 3. The van der Waals surface area contributed by atoms with E-state index < -0.39 is 11.3 Å². The van der Waals surface area contributed by atoms with Gasteiger partial charge in [-0.2, -0.15) is 8.78 Å². The van der Waals surface area contributed by atoms with Crippen LogP contribution in [-0.4, -0.2) is 32.0 Å². The maximum absolute atomic E-state index is 14.8. The molecule has 1 saturated heterocycles. The van der Waals surface area contributed by atoms with Gasteiger partial charge < -0.3 is 21.3 Å². The number of amides is 2. The average Bonchev–Trinajstić information content (AvgIpc) is 2.97. The highest BCUT2D eigenvalue weighted by Gasteiger charge is 2.29. The van der Waals surface area contributed by atoms with Crippen molar-refractivity contribution in [2.75, 3.05) is 29.9 Å². The van der Waals surface area contributed by atoms with Crippen LogP contribution < -0.4 is 21.3 Å². The van der Waals surface area contributed by atoms with Crippen molar-refractivity contribution in [2.45, 2.75) is 78.1 Å². The number of unbranched alkanes of at least 4 members (excludes halogenated alkanes) is 1. The molecule has 1 heterocycles. The topological polar surface area (TPSA) is 87.5 Å². The Hall–Kier alpha value is -3.32. The van der Waals surface area contributed by atoms with Crippen LogP contribution in [0, 0.1) is 0 Å². The summed E-state index contributed by atoms with van der Waals surface area (Å²) in [7, 11) is 1.51. The van der Waals surface area contributed by atoms with Crippen molar-refractivity contribution in [2.24, 2.45) is 5.73 Å². The van der Waals surface area contributed by atoms with Gasteiger partial charge in [0.05, 0.1) is 5.56 Å². The van der Waals surface area contributed by atoms with Crippen molar-refractivity contribution in [3.63, 3.8) is 0 Å². The quantitative estimate of drug-likeness (QED) is 0.151. The van der Waals surface area contributed by atoms with Gasteiger partial charge in [0, 0.05) is 42.3 Å². The Bertz CT molecular complexity index is 1270. The minimum Gasteiger partial charge on any atom is -0.372 e. The molecule has 43 heavy (non-hydrogen) atoms. The van der Waals surface area contributed by atoms with Crippen LogP contribution in [-0.2, 0) is 16.1 Å². The van der Waals surface area contributed by atoms with E-state index in [0.717, 1.165) is 50.9 Å². The van der Waals surface area contributed by atoms with Crippen LogP contribution in [0.25, 0.3) is 0 Å². The summed E-state index contributed by atoms with van der Waals surface area (Å²) in [5, 5.41) is 6.15. The highest BCUT2D eigenvalue weighted by Crippen LogP contribution is 2.40. The average molecular weight is 619 g/mol. The van der Waals surface area contributed by atoms with Crippen LogP contribution in [0.5, 0.6) is 0 Å². The Morgan fingerprint density at radius 2 is 1.65 bits per heavy atom. The van der Waals surface area contributed by atoms with Crippen molar-refractivity contribution in [1.82, 2.24) is 5.32 Å². The summed E-state index contributed by atoms with van der Waals surface area (Å²) in [6.07, 6.45) is 9.74. The first-order valence-corrected chi connectivity index (χ1v) is 15.4. The first-order chi connectivity index (χ1) is 20.4. The number of rotatable bonds is 9. The fourth-order valence-corrected chi connectivity index (χ4v) is 5.07. The fraction of sp³-hybridized carbons (Fsp3) is 0.455. The summed E-state index contributed by atoms with van der Waals surface area (Å²) in [5.74, 6) is -0.174. The molecule has 0 saturated carbocycles. The number of anilines is 3. The summed E-state index contributed by atoms with van der Waals surface area (Å²) < 4.78 is 43.1. The Morgan fingerprint density at radius 1 is 1.02 bits per heavy atom. The van der Waals surface area contributed by atoms with E-state index in [-0.39, 0.29) is 23.4 Å². The van der Waals surface area contributed by atoms with E-state index in [1.165, 1.54) is 52.4 Å². The number of fused-ring (bicyclic) bond motifs is 1. The summed E-state index contributed by atoms with van der Waals surface area (Å²) in [6.45, 7) is 10.9. The van der Waals surface area contributed by atoms with Gasteiger partial charge in [0.1, 0.15) is 5.67 Å². The highest BCUT2D eigenvalue weighted by atomic mass is 31.0. The molecule has 0 spiro atoms. The molecule has 4 rings (SSSR count). The number of carbonyl (C=O) groups is 2. The first-order valence-electron chi connectivity index (χ1n) is 14.9. The number of halogens is 3.